The Morgan fingerprint density at radius 1 is 0.492 bits per heavy atom. The third-order valence-corrected chi connectivity index (χ3v) is 10.1. The van der Waals surface area contributed by atoms with Gasteiger partial charge in [0.1, 0.15) is 28.9 Å². The molecule has 0 atom stereocenters. The number of methoxy groups -OCH3 is 3. The minimum atomic E-state index is -1.01. The molecular formula is C50H40N4O9. The van der Waals surface area contributed by atoms with E-state index < -0.39 is 11.9 Å². The van der Waals surface area contributed by atoms with E-state index in [-0.39, 0.29) is 22.9 Å². The molecule has 0 unspecified atom stereocenters. The highest BCUT2D eigenvalue weighted by Gasteiger charge is 2.20. The number of nitrogens with one attached hydrogen (secondary N) is 2. The van der Waals surface area contributed by atoms with Crippen LogP contribution in [-0.4, -0.2) is 65.3 Å². The van der Waals surface area contributed by atoms with Crippen molar-refractivity contribution in [3.05, 3.63) is 173 Å². The van der Waals surface area contributed by atoms with Crippen molar-refractivity contribution < 1.29 is 43.6 Å². The molecule has 0 aliphatic heterocycles. The van der Waals surface area contributed by atoms with E-state index in [1.165, 1.54) is 12.1 Å². The molecule has 0 aliphatic rings. The fraction of sp³-hybridized carbons (Fsp3) is 0.0800. The number of hydrogen-bond donors (Lipinski definition) is 4. The van der Waals surface area contributed by atoms with Gasteiger partial charge in [0.2, 0.25) is 0 Å². The second kappa shape index (κ2) is 18.8. The summed E-state index contributed by atoms with van der Waals surface area (Å²) in [6, 6.07) is 41.9. The molecule has 13 heteroatoms. The van der Waals surface area contributed by atoms with Gasteiger partial charge in [-0.05, 0) is 115 Å². The fourth-order valence-corrected chi connectivity index (χ4v) is 6.88. The predicted octanol–water partition coefficient (Wildman–Crippen LogP) is 10.0. The third kappa shape index (κ3) is 9.58. The van der Waals surface area contributed by atoms with Crippen LogP contribution in [0.5, 0.6) is 17.2 Å². The second-order valence-corrected chi connectivity index (χ2v) is 14.1. The minimum Gasteiger partial charge on any atom is -0.497 e. The summed E-state index contributed by atoms with van der Waals surface area (Å²) in [4.78, 5) is 57.5. The Labute approximate surface area is 361 Å². The number of carboxylic acids is 2. The minimum absolute atomic E-state index is 0.177. The number of aryl methyl sites for hydroxylation is 1. The Bertz CT molecular complexity index is 3020. The van der Waals surface area contributed by atoms with Crippen LogP contribution in [0.2, 0.25) is 0 Å². The Hall–Kier alpha value is -8.58. The van der Waals surface area contributed by atoms with Crippen LogP contribution in [0.25, 0.3) is 44.1 Å². The smallest absolute Gasteiger partial charge is 0.335 e. The van der Waals surface area contributed by atoms with E-state index in [0.717, 1.165) is 16.7 Å². The maximum absolute atomic E-state index is 13.2. The number of aromatic carboxylic acids is 2. The number of fused-ring (bicyclic) bond motifs is 2. The van der Waals surface area contributed by atoms with Crippen LogP contribution in [0.15, 0.2) is 146 Å². The lowest BCUT2D eigenvalue weighted by Crippen LogP contribution is -2.14. The summed E-state index contributed by atoms with van der Waals surface area (Å²) < 4.78 is 16.2. The van der Waals surface area contributed by atoms with Gasteiger partial charge in [-0.3, -0.25) is 9.59 Å². The van der Waals surface area contributed by atoms with Crippen LogP contribution < -0.4 is 24.8 Å². The van der Waals surface area contributed by atoms with Crippen LogP contribution in [0.3, 0.4) is 0 Å². The first kappa shape index (κ1) is 42.5. The van der Waals surface area contributed by atoms with Gasteiger partial charge in [0, 0.05) is 21.9 Å². The molecule has 6 aromatic carbocycles. The van der Waals surface area contributed by atoms with Gasteiger partial charge in [-0.15, -0.1) is 0 Å². The molecule has 2 heterocycles. The Kier molecular flexibility index (Phi) is 12.7. The molecule has 2 aromatic heterocycles. The largest absolute Gasteiger partial charge is 0.497 e. The molecule has 13 nitrogen and oxygen atoms in total. The highest BCUT2D eigenvalue weighted by molar-refractivity contribution is 6.11. The lowest BCUT2D eigenvalue weighted by molar-refractivity contribution is 0.0686. The van der Waals surface area contributed by atoms with Crippen LogP contribution in [0.4, 0.5) is 11.6 Å². The first-order valence-electron chi connectivity index (χ1n) is 19.4. The lowest BCUT2D eigenvalue weighted by atomic mass is 9.97. The van der Waals surface area contributed by atoms with Crippen molar-refractivity contribution in [1.82, 2.24) is 9.97 Å². The standard InChI is InChI=1S/C25H20N2O5.C25H20N2O4/c1-31-18-10-6-15(7-11-18)23-19(4-3-5-21(23)32-2)24(28)27-22-13-9-16-14-17(25(29)30)8-12-20(16)26-22;1-15-6-8-16(9-7-15)23-19(4-3-5-21(23)31-2)24(28)27-22-13-11-17-14-18(25(29)30)10-12-20(17)26-22/h3-14H,1-2H3,(H,29,30)(H,26,27,28);3-14H,1-2H3,(H,29,30)(H,26,27,28). The van der Waals surface area contributed by atoms with Crippen molar-refractivity contribution >= 4 is 57.2 Å². The van der Waals surface area contributed by atoms with Gasteiger partial charge in [-0.25, -0.2) is 19.6 Å². The van der Waals surface area contributed by atoms with E-state index >= 15 is 0 Å². The zero-order valence-electron chi connectivity index (χ0n) is 34.5. The highest BCUT2D eigenvalue weighted by atomic mass is 16.5. The van der Waals surface area contributed by atoms with Gasteiger partial charge in [0.05, 0.1) is 54.6 Å². The van der Waals surface area contributed by atoms with Crippen molar-refractivity contribution in [3.63, 3.8) is 0 Å². The van der Waals surface area contributed by atoms with Crippen molar-refractivity contribution in [1.29, 1.82) is 0 Å². The normalized spacial score (nSPS) is 10.6. The molecule has 4 N–H and O–H groups in total. The van der Waals surface area contributed by atoms with E-state index in [9.17, 15) is 19.2 Å². The fourth-order valence-electron chi connectivity index (χ4n) is 6.88. The van der Waals surface area contributed by atoms with E-state index in [1.807, 2.05) is 61.5 Å². The number of nitrogens with zero attached hydrogens (tertiary/aromatic N) is 2. The zero-order valence-corrected chi connectivity index (χ0v) is 34.5. The second-order valence-electron chi connectivity index (χ2n) is 14.1. The number of carboxylic acid groups (broad SMARTS) is 2. The van der Waals surface area contributed by atoms with Crippen LogP contribution in [0, 0.1) is 6.92 Å². The average molecular weight is 841 g/mol. The van der Waals surface area contributed by atoms with Crippen molar-refractivity contribution in [3.8, 4) is 39.5 Å². The molecule has 0 spiro atoms. The molecule has 0 aliphatic carbocycles. The van der Waals surface area contributed by atoms with Gasteiger partial charge < -0.3 is 35.1 Å². The quantitative estimate of drug-likeness (QED) is 0.0971. The number of ether oxygens (including phenoxy) is 3. The van der Waals surface area contributed by atoms with Gasteiger partial charge in [-0.1, -0.05) is 54.1 Å². The summed E-state index contributed by atoms with van der Waals surface area (Å²) in [6.07, 6.45) is 0. The van der Waals surface area contributed by atoms with Gasteiger partial charge in [-0.2, -0.15) is 0 Å². The van der Waals surface area contributed by atoms with E-state index in [2.05, 4.69) is 20.6 Å². The van der Waals surface area contributed by atoms with E-state index in [1.54, 1.807) is 100 Å². The van der Waals surface area contributed by atoms with E-state index in [4.69, 9.17) is 24.4 Å². The number of benzene rings is 6. The summed E-state index contributed by atoms with van der Waals surface area (Å²) in [6.45, 7) is 2.00. The van der Waals surface area contributed by atoms with E-state index in [0.29, 0.717) is 72.9 Å². The maximum Gasteiger partial charge on any atom is 0.335 e. The molecule has 0 fully saturated rings. The first-order valence-corrected chi connectivity index (χ1v) is 19.4. The number of carbonyl (C=O) groups excluding carboxylic acids is 2. The van der Waals surface area contributed by atoms with Gasteiger partial charge >= 0.3 is 11.9 Å². The number of anilines is 2. The summed E-state index contributed by atoms with van der Waals surface area (Å²) >= 11 is 0. The Balaban J connectivity index is 0.000000189. The average Bonchev–Trinajstić information content (AvgIpc) is 3.31. The highest BCUT2D eigenvalue weighted by Crippen LogP contribution is 2.36. The molecule has 2 amide bonds. The molecule has 0 saturated carbocycles. The molecule has 0 radical (unpaired) electrons. The van der Waals surface area contributed by atoms with Crippen LogP contribution in [0.1, 0.15) is 47.0 Å². The zero-order chi connectivity index (χ0) is 44.6. The first-order chi connectivity index (χ1) is 30.5. The third-order valence-electron chi connectivity index (χ3n) is 10.1. The summed E-state index contributed by atoms with van der Waals surface area (Å²) in [5, 5.41) is 25.3. The molecule has 0 bridgehead atoms. The SMILES string of the molecule is COc1ccc(-c2c(OC)cccc2C(=O)Nc2ccc3cc(C(=O)O)ccc3n2)cc1.COc1cccc(C(=O)Nc2ccc3cc(C(=O)O)ccc3n2)c1-c1ccc(C)cc1. The Morgan fingerprint density at radius 3 is 1.32 bits per heavy atom. The Morgan fingerprint density at radius 2 is 0.921 bits per heavy atom. The number of aromatic nitrogens is 2. The number of pyridine rings is 2. The monoisotopic (exact) mass is 840 g/mol. The lowest BCUT2D eigenvalue weighted by Gasteiger charge is -2.15. The molecule has 314 valence electrons. The number of carbonyl (C=O) groups is 4. The number of amides is 2. The molecular weight excluding hydrogens is 801 g/mol. The maximum atomic E-state index is 13.2. The molecule has 8 rings (SSSR count). The summed E-state index contributed by atoms with van der Waals surface area (Å²) in [7, 11) is 4.72. The van der Waals surface area contributed by atoms with Gasteiger partial charge in [0.15, 0.2) is 0 Å². The van der Waals surface area contributed by atoms with Gasteiger partial charge in [0.25, 0.3) is 11.8 Å². The summed E-state index contributed by atoms with van der Waals surface area (Å²) in [5.74, 6) is -0.0606. The topological polar surface area (TPSA) is 186 Å². The van der Waals surface area contributed by atoms with Crippen LogP contribution >= 0.6 is 0 Å². The molecule has 8 aromatic rings. The molecule has 0 saturated heterocycles. The van der Waals surface area contributed by atoms with Crippen LogP contribution in [-0.2, 0) is 0 Å². The predicted molar refractivity (Wildman–Crippen MR) is 241 cm³/mol. The summed E-state index contributed by atoms with van der Waals surface area (Å²) in [5.41, 5.74) is 6.58. The van der Waals surface area contributed by atoms with Crippen molar-refractivity contribution in [2.24, 2.45) is 0 Å². The van der Waals surface area contributed by atoms with Crippen molar-refractivity contribution in [2.75, 3.05) is 32.0 Å². The number of hydrogen-bond acceptors (Lipinski definition) is 9. The molecule has 63 heavy (non-hydrogen) atoms. The number of rotatable bonds is 11. The van der Waals surface area contributed by atoms with Crippen molar-refractivity contribution in [2.45, 2.75) is 6.92 Å².